The lowest BCUT2D eigenvalue weighted by Gasteiger charge is -2.17. The molecule has 1 unspecified atom stereocenters. The summed E-state index contributed by atoms with van der Waals surface area (Å²) in [7, 11) is 0. The predicted molar refractivity (Wildman–Crippen MR) is 36.4 cm³/mol. The highest BCUT2D eigenvalue weighted by Gasteiger charge is 2.39. The molecule has 0 N–H and O–H groups in total. The molecule has 0 aliphatic heterocycles. The van der Waals surface area contributed by atoms with Gasteiger partial charge >= 0.3 is 12.1 Å². The first-order chi connectivity index (χ1) is 5.25. The average Bonchev–Trinajstić information content (AvgIpc) is 1.85. The van der Waals surface area contributed by atoms with Crippen molar-refractivity contribution >= 4 is 5.97 Å². The average molecular weight is 184 g/mol. The topological polar surface area (TPSA) is 26.3 Å². The molecule has 1 atom stereocenters. The van der Waals surface area contributed by atoms with Crippen molar-refractivity contribution in [3.8, 4) is 0 Å². The van der Waals surface area contributed by atoms with Crippen LogP contribution in [0.3, 0.4) is 0 Å². The Morgan fingerprint density at radius 1 is 1.25 bits per heavy atom. The molecule has 5 heteroatoms. The highest BCUT2D eigenvalue weighted by molar-refractivity contribution is 5.71. The largest absolute Gasteiger partial charge is 0.453 e. The second kappa shape index (κ2) is 3.78. The molecule has 0 aliphatic carbocycles. The number of carbonyl (C=O) groups excluding carboxylic acids is 1. The third-order valence-electron chi connectivity index (χ3n) is 1.23. The third kappa shape index (κ3) is 3.59. The fourth-order valence-electron chi connectivity index (χ4n) is 0.377. The Bertz CT molecular complexity index is 163. The van der Waals surface area contributed by atoms with Crippen LogP contribution in [0.15, 0.2) is 0 Å². The Balaban J connectivity index is 4.02. The van der Waals surface area contributed by atoms with Gasteiger partial charge in [0.25, 0.3) is 0 Å². The first-order valence-electron chi connectivity index (χ1n) is 3.52. The molecular formula is C7H11F3O2. The van der Waals surface area contributed by atoms with Crippen LogP contribution < -0.4 is 0 Å². The fraction of sp³-hybridized carbons (Fsp3) is 0.857. The van der Waals surface area contributed by atoms with E-state index in [4.69, 9.17) is 0 Å². The zero-order valence-corrected chi connectivity index (χ0v) is 7.11. The lowest BCUT2D eigenvalue weighted by Crippen LogP contribution is -2.32. The van der Waals surface area contributed by atoms with Crippen LogP contribution in [0.25, 0.3) is 0 Å². The molecule has 0 fully saturated rings. The van der Waals surface area contributed by atoms with E-state index in [0.717, 1.165) is 6.92 Å². The summed E-state index contributed by atoms with van der Waals surface area (Å²) in [5.74, 6) is -1.37. The van der Waals surface area contributed by atoms with Gasteiger partial charge in [0, 0.05) is 0 Å². The van der Waals surface area contributed by atoms with E-state index in [2.05, 4.69) is 4.74 Å². The van der Waals surface area contributed by atoms with Gasteiger partial charge in [0.1, 0.15) is 0 Å². The maximum Gasteiger partial charge on any atom is 0.425 e. The Labute approximate surface area is 68.7 Å². The molecule has 0 rings (SSSR count). The van der Waals surface area contributed by atoms with Crippen molar-refractivity contribution in [2.24, 2.45) is 5.92 Å². The van der Waals surface area contributed by atoms with E-state index in [9.17, 15) is 18.0 Å². The van der Waals surface area contributed by atoms with E-state index in [-0.39, 0.29) is 0 Å². The van der Waals surface area contributed by atoms with Gasteiger partial charge in [0.2, 0.25) is 0 Å². The molecule has 0 radical (unpaired) electrons. The molecule has 0 aromatic rings. The van der Waals surface area contributed by atoms with Gasteiger partial charge in [-0.05, 0) is 6.92 Å². The maximum absolute atomic E-state index is 11.8. The lowest BCUT2D eigenvalue weighted by atomic mass is 10.2. The minimum Gasteiger partial charge on any atom is -0.453 e. The Kier molecular flexibility index (Phi) is 3.55. The predicted octanol–water partition coefficient (Wildman–Crippen LogP) is 2.14. The molecule has 0 heterocycles. The van der Waals surface area contributed by atoms with E-state index < -0.39 is 24.2 Å². The number of esters is 1. The normalized spacial score (nSPS) is 14.6. The molecular weight excluding hydrogens is 173 g/mol. The number of carbonyl (C=O) groups is 1. The van der Waals surface area contributed by atoms with E-state index in [1.165, 1.54) is 13.8 Å². The van der Waals surface area contributed by atoms with Gasteiger partial charge in [-0.2, -0.15) is 13.2 Å². The van der Waals surface area contributed by atoms with Crippen molar-refractivity contribution < 1.29 is 22.7 Å². The SMILES string of the molecule is CC(C)C(=O)OC(C)C(F)(F)F. The van der Waals surface area contributed by atoms with Gasteiger partial charge in [-0.25, -0.2) is 0 Å². The van der Waals surface area contributed by atoms with Crippen molar-refractivity contribution in [1.82, 2.24) is 0 Å². The van der Waals surface area contributed by atoms with Crippen molar-refractivity contribution in [3.63, 3.8) is 0 Å². The zero-order chi connectivity index (χ0) is 9.94. The number of hydrogen-bond acceptors (Lipinski definition) is 2. The monoisotopic (exact) mass is 184 g/mol. The Morgan fingerprint density at radius 3 is 1.92 bits per heavy atom. The fourth-order valence-corrected chi connectivity index (χ4v) is 0.377. The summed E-state index contributed by atoms with van der Waals surface area (Å²) >= 11 is 0. The first-order valence-corrected chi connectivity index (χ1v) is 3.52. The van der Waals surface area contributed by atoms with Crippen LogP contribution in [-0.4, -0.2) is 18.2 Å². The molecule has 2 nitrogen and oxygen atoms in total. The van der Waals surface area contributed by atoms with Crippen molar-refractivity contribution in [2.45, 2.75) is 33.1 Å². The van der Waals surface area contributed by atoms with Gasteiger partial charge in [0.15, 0.2) is 6.10 Å². The van der Waals surface area contributed by atoms with Crippen molar-refractivity contribution in [3.05, 3.63) is 0 Å². The molecule has 0 saturated heterocycles. The summed E-state index contributed by atoms with van der Waals surface area (Å²) in [6.07, 6.45) is -6.49. The zero-order valence-electron chi connectivity index (χ0n) is 7.11. The van der Waals surface area contributed by atoms with Crippen molar-refractivity contribution in [2.75, 3.05) is 0 Å². The smallest absolute Gasteiger partial charge is 0.425 e. The summed E-state index contributed by atoms with van der Waals surface area (Å²) in [5, 5.41) is 0. The standard InChI is InChI=1S/C7H11F3O2/c1-4(2)6(11)12-5(3)7(8,9)10/h4-5H,1-3H3. The highest BCUT2D eigenvalue weighted by atomic mass is 19.4. The van der Waals surface area contributed by atoms with Crippen LogP contribution in [0.5, 0.6) is 0 Å². The molecule has 0 aliphatic rings. The van der Waals surface area contributed by atoms with Gasteiger partial charge in [0.05, 0.1) is 5.92 Å². The highest BCUT2D eigenvalue weighted by Crippen LogP contribution is 2.22. The molecule has 0 saturated carbocycles. The Morgan fingerprint density at radius 2 is 1.67 bits per heavy atom. The third-order valence-corrected chi connectivity index (χ3v) is 1.23. The summed E-state index contributed by atoms with van der Waals surface area (Å²) in [6, 6.07) is 0. The maximum atomic E-state index is 11.8. The van der Waals surface area contributed by atoms with Crippen LogP contribution in [0.4, 0.5) is 13.2 Å². The number of hydrogen-bond donors (Lipinski definition) is 0. The van der Waals surface area contributed by atoms with Crippen LogP contribution in [0, 0.1) is 5.92 Å². The van der Waals surface area contributed by atoms with Gasteiger partial charge < -0.3 is 4.74 Å². The number of halogens is 3. The molecule has 12 heavy (non-hydrogen) atoms. The number of rotatable bonds is 2. The molecule has 0 spiro atoms. The summed E-state index contributed by atoms with van der Waals surface area (Å²) in [5.41, 5.74) is 0. The summed E-state index contributed by atoms with van der Waals surface area (Å²) < 4.78 is 39.5. The lowest BCUT2D eigenvalue weighted by molar-refractivity contribution is -0.217. The van der Waals surface area contributed by atoms with Crippen LogP contribution in [0.2, 0.25) is 0 Å². The first kappa shape index (κ1) is 11.3. The van der Waals surface area contributed by atoms with Gasteiger partial charge in [-0.15, -0.1) is 0 Å². The summed E-state index contributed by atoms with van der Waals surface area (Å²) in [6.45, 7) is 3.76. The second-order valence-electron chi connectivity index (χ2n) is 2.78. The van der Waals surface area contributed by atoms with Crippen molar-refractivity contribution in [1.29, 1.82) is 0 Å². The Hall–Kier alpha value is -0.740. The van der Waals surface area contributed by atoms with E-state index in [1.54, 1.807) is 0 Å². The summed E-state index contributed by atoms with van der Waals surface area (Å²) in [4.78, 5) is 10.7. The molecule has 0 aromatic carbocycles. The van der Waals surface area contributed by atoms with Gasteiger partial charge in [-0.1, -0.05) is 13.8 Å². The molecule has 0 bridgehead atoms. The molecule has 0 aromatic heterocycles. The quantitative estimate of drug-likeness (QED) is 0.614. The van der Waals surface area contributed by atoms with Gasteiger partial charge in [-0.3, -0.25) is 4.79 Å². The molecule has 0 amide bonds. The van der Waals surface area contributed by atoms with Crippen LogP contribution in [0.1, 0.15) is 20.8 Å². The second-order valence-corrected chi connectivity index (χ2v) is 2.78. The van der Waals surface area contributed by atoms with E-state index in [0.29, 0.717) is 0 Å². The van der Waals surface area contributed by atoms with E-state index in [1.807, 2.05) is 0 Å². The van der Waals surface area contributed by atoms with Crippen LogP contribution in [-0.2, 0) is 9.53 Å². The number of alkyl halides is 3. The van der Waals surface area contributed by atoms with Crippen LogP contribution >= 0.6 is 0 Å². The molecule has 72 valence electrons. The number of ether oxygens (including phenoxy) is 1. The van der Waals surface area contributed by atoms with E-state index >= 15 is 0 Å². The minimum absolute atomic E-state index is 0.533. The minimum atomic E-state index is -4.47.